The molecule has 0 atom stereocenters. The molecule has 2 heterocycles. The number of carbonyl (C=O) groups is 1. The standard InChI is InChI=1S/C11H7F6N3O5S/c1-2-20-8-4(3-18-20)6(25-26(23,24)11(15,16)17)5(9(21)22)7(19-8)10(12,13)14/h3H,2H2,1H3,(H,21,22). The third-order valence-electron chi connectivity index (χ3n) is 3.00. The second-order valence-corrected chi connectivity index (χ2v) is 6.19. The van der Waals surface area contributed by atoms with Crippen LogP contribution in [-0.4, -0.2) is 39.8 Å². The zero-order valence-corrected chi connectivity index (χ0v) is 13.2. The summed E-state index contributed by atoms with van der Waals surface area (Å²) in [7, 11) is -6.45. The largest absolute Gasteiger partial charge is 0.534 e. The Bertz CT molecular complexity index is 979. The predicted octanol–water partition coefficient (Wildman–Crippen LogP) is 2.40. The third kappa shape index (κ3) is 3.25. The van der Waals surface area contributed by atoms with Crippen LogP contribution >= 0.6 is 0 Å². The number of carboxylic acid groups (broad SMARTS) is 1. The van der Waals surface area contributed by atoms with Crippen LogP contribution in [0.1, 0.15) is 23.0 Å². The number of hydrogen-bond acceptors (Lipinski definition) is 6. The van der Waals surface area contributed by atoms with E-state index in [0.717, 1.165) is 4.68 Å². The molecule has 0 fully saturated rings. The number of aryl methyl sites for hydroxylation is 1. The second kappa shape index (κ2) is 6.00. The Hall–Kier alpha value is -2.58. The molecule has 2 rings (SSSR count). The highest BCUT2D eigenvalue weighted by Crippen LogP contribution is 2.40. The van der Waals surface area contributed by atoms with Crippen LogP contribution in [0.15, 0.2) is 6.20 Å². The van der Waals surface area contributed by atoms with Gasteiger partial charge in [0.05, 0.1) is 11.6 Å². The van der Waals surface area contributed by atoms with E-state index in [9.17, 15) is 39.6 Å². The van der Waals surface area contributed by atoms with Crippen molar-refractivity contribution in [1.82, 2.24) is 14.8 Å². The third-order valence-corrected chi connectivity index (χ3v) is 3.95. The van der Waals surface area contributed by atoms with Gasteiger partial charge in [-0.25, -0.2) is 14.5 Å². The number of hydrogen-bond donors (Lipinski definition) is 1. The SMILES string of the molecule is CCn1ncc2c(OS(=O)(=O)C(F)(F)F)c(C(=O)O)c(C(F)(F)F)nc21. The highest BCUT2D eigenvalue weighted by Gasteiger charge is 2.50. The van der Waals surface area contributed by atoms with Gasteiger partial charge in [0, 0.05) is 6.54 Å². The zero-order valence-electron chi connectivity index (χ0n) is 12.4. The monoisotopic (exact) mass is 407 g/mol. The van der Waals surface area contributed by atoms with Gasteiger partial charge in [0.2, 0.25) is 0 Å². The minimum atomic E-state index is -6.45. The summed E-state index contributed by atoms with van der Waals surface area (Å²) in [5.41, 5.74) is -10.7. The van der Waals surface area contributed by atoms with Crippen LogP contribution in [-0.2, 0) is 22.8 Å². The van der Waals surface area contributed by atoms with Crippen molar-refractivity contribution in [3.63, 3.8) is 0 Å². The summed E-state index contributed by atoms with van der Waals surface area (Å²) in [6, 6.07) is 0. The molecule has 0 radical (unpaired) electrons. The fourth-order valence-corrected chi connectivity index (χ4v) is 2.43. The Morgan fingerprint density at radius 2 is 1.85 bits per heavy atom. The van der Waals surface area contributed by atoms with Crippen LogP contribution in [0.25, 0.3) is 11.0 Å². The van der Waals surface area contributed by atoms with E-state index >= 15 is 0 Å². The molecule has 0 unspecified atom stereocenters. The molecule has 0 aliphatic carbocycles. The van der Waals surface area contributed by atoms with Crippen molar-refractivity contribution in [1.29, 1.82) is 0 Å². The van der Waals surface area contributed by atoms with E-state index in [1.807, 2.05) is 0 Å². The fraction of sp³-hybridized carbons (Fsp3) is 0.364. The first-order valence-corrected chi connectivity index (χ1v) is 7.82. The maximum Gasteiger partial charge on any atom is 0.534 e. The van der Waals surface area contributed by atoms with E-state index in [1.54, 1.807) is 0 Å². The molecule has 15 heteroatoms. The topological polar surface area (TPSA) is 111 Å². The molecule has 144 valence electrons. The lowest BCUT2D eigenvalue weighted by atomic mass is 10.1. The van der Waals surface area contributed by atoms with Gasteiger partial charge in [0.25, 0.3) is 0 Å². The van der Waals surface area contributed by atoms with Crippen molar-refractivity contribution in [2.24, 2.45) is 0 Å². The highest BCUT2D eigenvalue weighted by atomic mass is 32.2. The minimum Gasteiger partial charge on any atom is -0.477 e. The molecule has 0 saturated carbocycles. The van der Waals surface area contributed by atoms with Crippen LogP contribution in [0.3, 0.4) is 0 Å². The van der Waals surface area contributed by atoms with E-state index in [0.29, 0.717) is 6.20 Å². The number of nitrogens with zero attached hydrogens (tertiary/aromatic N) is 3. The van der Waals surface area contributed by atoms with Crippen molar-refractivity contribution in [3.05, 3.63) is 17.5 Å². The van der Waals surface area contributed by atoms with Gasteiger partial charge in [-0.1, -0.05) is 0 Å². The first-order valence-electron chi connectivity index (χ1n) is 6.41. The Kier molecular flexibility index (Phi) is 4.55. The van der Waals surface area contributed by atoms with Crippen LogP contribution in [0.5, 0.6) is 5.75 Å². The van der Waals surface area contributed by atoms with E-state index < -0.39 is 55.8 Å². The molecule has 8 nitrogen and oxygen atoms in total. The molecule has 0 aliphatic heterocycles. The number of carboxylic acids is 1. The van der Waals surface area contributed by atoms with Gasteiger partial charge in [-0.2, -0.15) is 39.9 Å². The number of halogens is 6. The maximum atomic E-state index is 13.1. The lowest BCUT2D eigenvalue weighted by Gasteiger charge is -2.16. The Balaban J connectivity index is 2.96. The number of alkyl halides is 6. The molecule has 26 heavy (non-hydrogen) atoms. The molecule has 0 aliphatic rings. The molecule has 2 aromatic heterocycles. The highest BCUT2D eigenvalue weighted by molar-refractivity contribution is 7.88. The van der Waals surface area contributed by atoms with Gasteiger partial charge in [-0.05, 0) is 6.92 Å². The number of pyridine rings is 1. The van der Waals surface area contributed by atoms with Gasteiger partial charge in [-0.3, -0.25) is 0 Å². The first-order chi connectivity index (χ1) is 11.7. The minimum absolute atomic E-state index is 0.0916. The Labute approximate surface area is 140 Å². The number of rotatable bonds is 4. The quantitative estimate of drug-likeness (QED) is 0.471. The van der Waals surface area contributed by atoms with Gasteiger partial charge in [-0.15, -0.1) is 0 Å². The summed E-state index contributed by atoms with van der Waals surface area (Å²) in [4.78, 5) is 14.3. The van der Waals surface area contributed by atoms with Crippen LogP contribution in [0, 0.1) is 0 Å². The number of fused-ring (bicyclic) bond motifs is 1. The molecular weight excluding hydrogens is 400 g/mol. The summed E-state index contributed by atoms with van der Waals surface area (Å²) >= 11 is 0. The Morgan fingerprint density at radius 3 is 2.27 bits per heavy atom. The van der Waals surface area contributed by atoms with E-state index in [2.05, 4.69) is 14.3 Å². The molecule has 0 saturated heterocycles. The molecule has 0 bridgehead atoms. The van der Waals surface area contributed by atoms with Crippen molar-refractivity contribution in [2.45, 2.75) is 25.2 Å². The maximum absolute atomic E-state index is 13.1. The summed E-state index contributed by atoms with van der Waals surface area (Å²) in [5, 5.41) is 11.8. The fourth-order valence-electron chi connectivity index (χ4n) is 1.94. The summed E-state index contributed by atoms with van der Waals surface area (Å²) < 4.78 is 104. The number of aromatic carboxylic acids is 1. The van der Waals surface area contributed by atoms with Crippen LogP contribution in [0.2, 0.25) is 0 Å². The number of aromatic nitrogens is 3. The van der Waals surface area contributed by atoms with Crippen molar-refractivity contribution in [3.8, 4) is 5.75 Å². The molecule has 1 N–H and O–H groups in total. The van der Waals surface area contributed by atoms with E-state index in [-0.39, 0.29) is 6.54 Å². The molecule has 2 aromatic rings. The molecule has 0 amide bonds. The summed E-state index contributed by atoms with van der Waals surface area (Å²) in [6.07, 6.45) is -4.77. The smallest absolute Gasteiger partial charge is 0.477 e. The predicted molar refractivity (Wildman–Crippen MR) is 70.8 cm³/mol. The van der Waals surface area contributed by atoms with E-state index in [1.165, 1.54) is 6.92 Å². The lowest BCUT2D eigenvalue weighted by molar-refractivity contribution is -0.141. The lowest BCUT2D eigenvalue weighted by Crippen LogP contribution is -2.29. The molecule has 0 spiro atoms. The average Bonchev–Trinajstić information content (AvgIpc) is 2.87. The molecule has 0 aromatic carbocycles. The first kappa shape index (κ1) is 19.7. The van der Waals surface area contributed by atoms with Gasteiger partial charge < -0.3 is 9.29 Å². The van der Waals surface area contributed by atoms with Gasteiger partial charge in [0.15, 0.2) is 17.1 Å². The van der Waals surface area contributed by atoms with Crippen molar-refractivity contribution < 1.29 is 48.8 Å². The zero-order chi connectivity index (χ0) is 20.1. The average molecular weight is 407 g/mol. The van der Waals surface area contributed by atoms with E-state index in [4.69, 9.17) is 5.11 Å². The second-order valence-electron chi connectivity index (χ2n) is 4.65. The normalized spacial score (nSPS) is 13.2. The molecular formula is C11H7F6N3O5S. The Morgan fingerprint density at radius 1 is 1.27 bits per heavy atom. The van der Waals surface area contributed by atoms with Gasteiger partial charge >= 0.3 is 27.8 Å². The van der Waals surface area contributed by atoms with Crippen LogP contribution in [0.4, 0.5) is 26.3 Å². The summed E-state index contributed by atoms with van der Waals surface area (Å²) in [6.45, 7) is 1.31. The van der Waals surface area contributed by atoms with Gasteiger partial charge in [0.1, 0.15) is 5.56 Å². The van der Waals surface area contributed by atoms with Crippen molar-refractivity contribution >= 4 is 27.1 Å². The van der Waals surface area contributed by atoms with Crippen LogP contribution < -0.4 is 4.18 Å². The summed E-state index contributed by atoms with van der Waals surface area (Å²) in [5.74, 6) is -4.06. The van der Waals surface area contributed by atoms with Crippen molar-refractivity contribution in [2.75, 3.05) is 0 Å².